The van der Waals surface area contributed by atoms with E-state index in [4.69, 9.17) is 19.0 Å². The second-order valence-electron chi connectivity index (χ2n) is 7.82. The van der Waals surface area contributed by atoms with Gasteiger partial charge in [0.2, 0.25) is 0 Å². The van der Waals surface area contributed by atoms with Gasteiger partial charge in [-0.1, -0.05) is 29.8 Å². The quantitative estimate of drug-likeness (QED) is 0.618. The van der Waals surface area contributed by atoms with E-state index >= 15 is 0 Å². The molecule has 1 spiro atoms. The summed E-state index contributed by atoms with van der Waals surface area (Å²) < 4.78 is 42.5. The fourth-order valence-corrected chi connectivity index (χ4v) is 3.93. The van der Waals surface area contributed by atoms with E-state index < -0.39 is 11.6 Å². The summed E-state index contributed by atoms with van der Waals surface area (Å²) in [5.41, 5.74) is 2.30. The van der Waals surface area contributed by atoms with Crippen molar-refractivity contribution in [3.8, 4) is 11.1 Å². The predicted molar refractivity (Wildman–Crippen MR) is 117 cm³/mol. The van der Waals surface area contributed by atoms with Crippen LogP contribution >= 0.6 is 0 Å². The highest BCUT2D eigenvalue weighted by molar-refractivity contribution is 5.64. The van der Waals surface area contributed by atoms with Crippen LogP contribution in [0.2, 0.25) is 0 Å². The van der Waals surface area contributed by atoms with Crippen LogP contribution in [0.4, 0.5) is 8.78 Å². The molecule has 1 saturated heterocycles. The number of methoxy groups -OCH3 is 1. The maximum Gasteiger partial charge on any atom is 0.168 e. The molecule has 0 amide bonds. The molecule has 0 aromatic heterocycles. The second kappa shape index (κ2) is 12.6. The number of ether oxygens (including phenoxy) is 3. The van der Waals surface area contributed by atoms with Gasteiger partial charge in [-0.15, -0.1) is 0 Å². The Morgan fingerprint density at radius 3 is 2.19 bits per heavy atom. The molecule has 1 heterocycles. The number of hydrogen-bond donors (Lipinski definition) is 0. The van der Waals surface area contributed by atoms with Crippen LogP contribution in [-0.2, 0) is 19.0 Å². The van der Waals surface area contributed by atoms with E-state index in [1.54, 1.807) is 7.11 Å². The smallest absolute Gasteiger partial charge is 0.168 e. The molecule has 0 atom stereocenters. The van der Waals surface area contributed by atoms with Crippen molar-refractivity contribution in [3.05, 3.63) is 59.7 Å². The highest BCUT2D eigenvalue weighted by Crippen LogP contribution is 2.39. The van der Waals surface area contributed by atoms with Crippen molar-refractivity contribution >= 4 is 6.79 Å². The van der Waals surface area contributed by atoms with Gasteiger partial charge in [-0.2, -0.15) is 0 Å². The molecule has 1 aliphatic carbocycles. The van der Waals surface area contributed by atoms with Crippen LogP contribution in [0.3, 0.4) is 0 Å². The zero-order valence-corrected chi connectivity index (χ0v) is 18.4. The summed E-state index contributed by atoms with van der Waals surface area (Å²) in [6.45, 7) is 6.41. The molecular weight excluding hydrogens is 402 g/mol. The van der Waals surface area contributed by atoms with E-state index in [1.165, 1.54) is 31.4 Å². The molecule has 2 aliphatic rings. The van der Waals surface area contributed by atoms with Crippen LogP contribution in [0.5, 0.6) is 0 Å². The lowest BCUT2D eigenvalue weighted by Crippen LogP contribution is -2.35. The zero-order valence-electron chi connectivity index (χ0n) is 18.4. The van der Waals surface area contributed by atoms with Gasteiger partial charge in [-0.25, -0.2) is 8.78 Å². The molecule has 0 unspecified atom stereocenters. The number of carbonyl (C=O) groups excluding carboxylic acids is 1. The molecule has 4 rings (SSSR count). The lowest BCUT2D eigenvalue weighted by Gasteiger charge is -2.35. The Hall–Kier alpha value is -2.15. The van der Waals surface area contributed by atoms with Crippen LogP contribution in [-0.4, -0.2) is 39.5 Å². The third-order valence-corrected chi connectivity index (χ3v) is 5.70. The van der Waals surface area contributed by atoms with Crippen LogP contribution in [0, 0.1) is 24.5 Å². The van der Waals surface area contributed by atoms with Crippen molar-refractivity contribution < 1.29 is 27.8 Å². The lowest BCUT2D eigenvalue weighted by atomic mass is 9.83. The fourth-order valence-electron chi connectivity index (χ4n) is 3.93. The number of hydrogen-bond acceptors (Lipinski definition) is 4. The van der Waals surface area contributed by atoms with Gasteiger partial charge >= 0.3 is 0 Å². The molecule has 2 fully saturated rings. The first-order valence-electron chi connectivity index (χ1n) is 10.6. The van der Waals surface area contributed by atoms with Crippen LogP contribution < -0.4 is 0 Å². The molecule has 2 aromatic carbocycles. The average molecular weight is 435 g/mol. The van der Waals surface area contributed by atoms with Crippen molar-refractivity contribution in [3.63, 3.8) is 0 Å². The van der Waals surface area contributed by atoms with Gasteiger partial charge in [-0.05, 0) is 49.8 Å². The van der Waals surface area contributed by atoms with Gasteiger partial charge in [0.1, 0.15) is 18.4 Å². The molecule has 0 N–H and O–H groups in total. The highest BCUT2D eigenvalue weighted by atomic mass is 19.1. The molecule has 31 heavy (non-hydrogen) atoms. The Morgan fingerprint density at radius 1 is 1.03 bits per heavy atom. The monoisotopic (exact) mass is 434 g/mol. The normalized spacial score (nSPS) is 17.4. The summed E-state index contributed by atoms with van der Waals surface area (Å²) >= 11 is 0. The molecule has 0 bridgehead atoms. The van der Waals surface area contributed by atoms with E-state index in [0.29, 0.717) is 5.56 Å². The molecule has 0 radical (unpaired) electrons. The van der Waals surface area contributed by atoms with Crippen LogP contribution in [0.25, 0.3) is 11.1 Å². The number of carbonyl (C=O) groups is 1. The number of rotatable bonds is 4. The molecular formula is C25H32F2O4. The average Bonchev–Trinajstić information content (AvgIpc) is 3.24. The van der Waals surface area contributed by atoms with Crippen molar-refractivity contribution in [1.82, 2.24) is 0 Å². The zero-order chi connectivity index (χ0) is 22.7. The predicted octanol–water partition coefficient (Wildman–Crippen LogP) is 5.71. The second-order valence-corrected chi connectivity index (χ2v) is 7.82. The first-order valence-corrected chi connectivity index (χ1v) is 10.6. The summed E-state index contributed by atoms with van der Waals surface area (Å²) in [6, 6.07) is 11.1. The van der Waals surface area contributed by atoms with Gasteiger partial charge in [0.25, 0.3) is 0 Å². The Kier molecular flexibility index (Phi) is 10.2. The third-order valence-electron chi connectivity index (χ3n) is 5.70. The lowest BCUT2D eigenvalue weighted by molar-refractivity contribution is -0.183. The van der Waals surface area contributed by atoms with Gasteiger partial charge in [0, 0.05) is 38.2 Å². The summed E-state index contributed by atoms with van der Waals surface area (Å²) in [5, 5.41) is 0. The largest absolute Gasteiger partial charge is 0.385 e. The number of halogens is 2. The fraction of sp³-hybridized carbons (Fsp3) is 0.480. The Labute approximate surface area is 183 Å². The molecule has 6 heteroatoms. The van der Waals surface area contributed by atoms with Gasteiger partial charge in [0.05, 0.1) is 13.2 Å². The Bertz CT molecular complexity index is 779. The summed E-state index contributed by atoms with van der Waals surface area (Å²) in [4.78, 5) is 8.00. The third kappa shape index (κ3) is 7.49. The van der Waals surface area contributed by atoms with Gasteiger partial charge < -0.3 is 19.0 Å². The Balaban J connectivity index is 0.000000204. The van der Waals surface area contributed by atoms with Gasteiger partial charge in [0.15, 0.2) is 5.79 Å². The maximum atomic E-state index is 13.4. The van der Waals surface area contributed by atoms with Crippen molar-refractivity contribution in [2.24, 2.45) is 5.92 Å². The summed E-state index contributed by atoms with van der Waals surface area (Å²) in [7, 11) is 1.77. The molecule has 1 aliphatic heterocycles. The van der Waals surface area contributed by atoms with Crippen LogP contribution in [0.15, 0.2) is 42.5 Å². The minimum Gasteiger partial charge on any atom is -0.385 e. The number of aryl methyl sites for hydroxylation is 1. The van der Waals surface area contributed by atoms with E-state index in [0.717, 1.165) is 55.8 Å². The minimum atomic E-state index is -0.552. The molecule has 2 aromatic rings. The van der Waals surface area contributed by atoms with Crippen molar-refractivity contribution in [1.29, 1.82) is 0 Å². The van der Waals surface area contributed by atoms with E-state index in [2.05, 4.69) is 0 Å². The number of benzene rings is 2. The first kappa shape index (κ1) is 25.1. The minimum absolute atomic E-state index is 0.191. The Morgan fingerprint density at radius 2 is 1.65 bits per heavy atom. The van der Waals surface area contributed by atoms with Gasteiger partial charge in [-0.3, -0.25) is 0 Å². The maximum absolute atomic E-state index is 13.4. The molecule has 170 valence electrons. The van der Waals surface area contributed by atoms with Crippen molar-refractivity contribution in [2.45, 2.75) is 44.8 Å². The summed E-state index contributed by atoms with van der Waals surface area (Å²) in [5.74, 6) is -0.459. The van der Waals surface area contributed by atoms with E-state index in [9.17, 15) is 8.78 Å². The summed E-state index contributed by atoms with van der Waals surface area (Å²) in [6.07, 6.45) is 5.78. The van der Waals surface area contributed by atoms with E-state index in [1.807, 2.05) is 38.0 Å². The van der Waals surface area contributed by atoms with Crippen molar-refractivity contribution in [2.75, 3.05) is 26.9 Å². The topological polar surface area (TPSA) is 44.8 Å². The molecule has 4 nitrogen and oxygen atoms in total. The molecule has 1 saturated carbocycles. The first-order chi connectivity index (χ1) is 15.0. The SMILES string of the molecule is C=O.COCCC1CCC2(CC1)OCCO2.Cc1ccc(-c2ccc(F)cc2F)cc1. The highest BCUT2D eigenvalue weighted by Gasteiger charge is 2.39. The van der Waals surface area contributed by atoms with Crippen LogP contribution in [0.1, 0.15) is 37.7 Å². The van der Waals surface area contributed by atoms with E-state index in [-0.39, 0.29) is 5.79 Å². The standard InChI is InChI=1S/C13H10F2.C11H20O3.CH2O/c1-9-2-4-10(5-3-9)12-7-6-11(14)8-13(12)15;1-12-7-4-10-2-5-11(6-3-10)13-8-9-14-11;1-2/h2-8H,1H3;10H,2-9H2,1H3;1H2.